The van der Waals surface area contributed by atoms with E-state index in [9.17, 15) is 22.4 Å². The first kappa shape index (κ1) is 25.5. The van der Waals surface area contributed by atoms with E-state index < -0.39 is 39.9 Å². The smallest absolute Gasteiger partial charge is 0.422 e. The van der Waals surface area contributed by atoms with Gasteiger partial charge in [-0.1, -0.05) is 6.07 Å². The number of ketones is 1. The van der Waals surface area contributed by atoms with Crippen molar-refractivity contribution in [2.24, 2.45) is 0 Å². The molecule has 0 saturated carbocycles. The van der Waals surface area contributed by atoms with E-state index >= 15 is 0 Å². The summed E-state index contributed by atoms with van der Waals surface area (Å²) in [6.07, 6.45) is -4.07. The average Bonchev–Trinajstić information content (AvgIpc) is 2.85. The van der Waals surface area contributed by atoms with Crippen molar-refractivity contribution in [2.45, 2.75) is 17.1 Å². The maximum absolute atomic E-state index is 13.4. The highest BCUT2D eigenvalue weighted by molar-refractivity contribution is 9.10. The lowest BCUT2D eigenvalue weighted by Gasteiger charge is -2.32. The van der Waals surface area contributed by atoms with E-state index in [0.717, 1.165) is 24.3 Å². The van der Waals surface area contributed by atoms with Gasteiger partial charge in [0.25, 0.3) is 10.0 Å². The minimum Gasteiger partial charge on any atom is -0.497 e. The number of sulfonamides is 1. The summed E-state index contributed by atoms with van der Waals surface area (Å²) in [6, 6.07) is 13.3. The van der Waals surface area contributed by atoms with Gasteiger partial charge in [0.2, 0.25) is 11.9 Å². The van der Waals surface area contributed by atoms with E-state index in [1.807, 2.05) is 0 Å². The Morgan fingerprint density at radius 1 is 1.03 bits per heavy atom. The minimum atomic E-state index is -4.40. The van der Waals surface area contributed by atoms with E-state index in [-0.39, 0.29) is 16.2 Å². The Kier molecular flexibility index (Phi) is 7.18. The number of Topliss-reactive ketones (excluding diaryl/α,β-unsaturated/α-hetero) is 1. The van der Waals surface area contributed by atoms with E-state index in [1.165, 1.54) is 20.3 Å². The molecule has 36 heavy (non-hydrogen) atoms. The summed E-state index contributed by atoms with van der Waals surface area (Å²) in [5, 5.41) is 0. The largest absolute Gasteiger partial charge is 0.497 e. The van der Waals surface area contributed by atoms with Crippen molar-refractivity contribution in [2.75, 3.05) is 14.2 Å². The fourth-order valence-electron chi connectivity index (χ4n) is 3.56. The van der Waals surface area contributed by atoms with Gasteiger partial charge < -0.3 is 18.9 Å². The zero-order valence-corrected chi connectivity index (χ0v) is 21.3. The molecule has 4 rings (SSSR count). The molecule has 1 heterocycles. The molecule has 0 radical (unpaired) electrons. The van der Waals surface area contributed by atoms with Crippen LogP contribution in [0.2, 0.25) is 0 Å². The molecule has 3 aromatic rings. The first-order chi connectivity index (χ1) is 17.1. The molecule has 2 atom stereocenters. The van der Waals surface area contributed by atoms with Crippen LogP contribution < -0.4 is 18.9 Å². The Bertz CT molecular complexity index is 1430. The monoisotopic (exact) mass is 579 g/mol. The van der Waals surface area contributed by atoms with E-state index in [4.69, 9.17) is 18.9 Å². The molecule has 0 unspecified atom stereocenters. The molecule has 0 aliphatic carbocycles. The highest BCUT2D eigenvalue weighted by Gasteiger charge is 2.42. The second-order valence-corrected chi connectivity index (χ2v) is 10.1. The predicted molar refractivity (Wildman–Crippen MR) is 128 cm³/mol. The lowest BCUT2D eigenvalue weighted by atomic mass is 9.93. The standard InChI is InChI=1S/C24H19BrFNO8S/c1-32-15-6-10-19-17(12-15)21(28)23(22(34-19)13-3-9-20(33-2)18(25)11-13)35-24(29)27-36(30,31)16-7-4-14(26)5-8-16/h3-12,22-23H,1-2H3,(H,27,29)/t22-,23+/m0/s1. The molecule has 0 aromatic heterocycles. The number of halogens is 2. The highest BCUT2D eigenvalue weighted by Crippen LogP contribution is 2.40. The van der Waals surface area contributed by atoms with Gasteiger partial charge in [-0.05, 0) is 76.1 Å². The summed E-state index contributed by atoms with van der Waals surface area (Å²) in [4.78, 5) is 25.7. The summed E-state index contributed by atoms with van der Waals surface area (Å²) in [5.74, 6) is -0.146. The number of ether oxygens (including phenoxy) is 4. The van der Waals surface area contributed by atoms with Crippen LogP contribution in [0.1, 0.15) is 22.0 Å². The quantitative estimate of drug-likeness (QED) is 0.456. The van der Waals surface area contributed by atoms with Crippen LogP contribution in [0, 0.1) is 5.82 Å². The SMILES string of the molecule is COc1ccc2c(c1)C(=O)[C@@H](OC(=O)NS(=O)(=O)c1ccc(F)cc1)[C@H](c1ccc(OC)c(Br)c1)O2. The summed E-state index contributed by atoms with van der Waals surface area (Å²) in [5.41, 5.74) is 0.550. The molecule has 9 nitrogen and oxygen atoms in total. The van der Waals surface area contributed by atoms with Crippen LogP contribution >= 0.6 is 15.9 Å². The molecule has 188 valence electrons. The number of carbonyl (C=O) groups excluding carboxylic acids is 2. The van der Waals surface area contributed by atoms with E-state index in [0.29, 0.717) is 21.5 Å². The third-order valence-electron chi connectivity index (χ3n) is 5.32. The van der Waals surface area contributed by atoms with Crippen molar-refractivity contribution in [3.63, 3.8) is 0 Å². The zero-order chi connectivity index (χ0) is 26.0. The third kappa shape index (κ3) is 5.14. The maximum Gasteiger partial charge on any atom is 0.422 e. The number of methoxy groups -OCH3 is 2. The number of amides is 1. The summed E-state index contributed by atoms with van der Waals surface area (Å²) < 4.78 is 62.3. The number of hydrogen-bond donors (Lipinski definition) is 1. The van der Waals surface area contributed by atoms with E-state index in [2.05, 4.69) is 15.9 Å². The van der Waals surface area contributed by atoms with Crippen LogP contribution in [0.4, 0.5) is 9.18 Å². The van der Waals surface area contributed by atoms with Crippen LogP contribution in [0.5, 0.6) is 17.2 Å². The Balaban J connectivity index is 1.67. The number of benzene rings is 3. The van der Waals surface area contributed by atoms with Crippen LogP contribution in [-0.2, 0) is 14.8 Å². The molecular formula is C24H19BrFNO8S. The first-order valence-electron chi connectivity index (χ1n) is 10.3. The van der Waals surface area contributed by atoms with Crippen LogP contribution in [0.25, 0.3) is 0 Å². The van der Waals surface area contributed by atoms with Gasteiger partial charge in [0.1, 0.15) is 23.1 Å². The van der Waals surface area contributed by atoms with Crippen LogP contribution in [0.3, 0.4) is 0 Å². The summed E-state index contributed by atoms with van der Waals surface area (Å²) in [6.45, 7) is 0. The van der Waals surface area contributed by atoms with Crippen molar-refractivity contribution >= 4 is 37.8 Å². The molecular weight excluding hydrogens is 561 g/mol. The third-order valence-corrected chi connectivity index (χ3v) is 7.27. The predicted octanol–water partition coefficient (Wildman–Crippen LogP) is 4.41. The highest BCUT2D eigenvalue weighted by atomic mass is 79.9. The lowest BCUT2D eigenvalue weighted by molar-refractivity contribution is 0.0106. The van der Waals surface area contributed by atoms with E-state index in [1.54, 1.807) is 35.1 Å². The van der Waals surface area contributed by atoms with Gasteiger partial charge in [-0.3, -0.25) is 4.79 Å². The topological polar surface area (TPSA) is 117 Å². The zero-order valence-electron chi connectivity index (χ0n) is 18.9. The van der Waals surface area contributed by atoms with Gasteiger partial charge >= 0.3 is 6.09 Å². The lowest BCUT2D eigenvalue weighted by Crippen LogP contribution is -2.43. The number of nitrogens with one attached hydrogen (secondary N) is 1. The second kappa shape index (κ2) is 10.2. The fourth-order valence-corrected chi connectivity index (χ4v) is 5.00. The van der Waals surface area contributed by atoms with Gasteiger partial charge in [-0.2, -0.15) is 0 Å². The molecule has 0 saturated heterocycles. The molecule has 0 spiro atoms. The maximum atomic E-state index is 13.4. The van der Waals surface area contributed by atoms with Crippen molar-refractivity contribution in [3.8, 4) is 17.2 Å². The van der Waals surface area contributed by atoms with Crippen LogP contribution in [0.15, 0.2) is 70.0 Å². The molecule has 0 bridgehead atoms. The second-order valence-electron chi connectivity index (χ2n) is 7.54. The van der Waals surface area contributed by atoms with Gasteiger partial charge in [0, 0.05) is 0 Å². The Morgan fingerprint density at radius 3 is 2.39 bits per heavy atom. The molecule has 1 aliphatic heterocycles. The summed E-state index contributed by atoms with van der Waals surface area (Å²) in [7, 11) is -1.49. The van der Waals surface area contributed by atoms with Gasteiger partial charge in [-0.25, -0.2) is 22.3 Å². The number of carbonyl (C=O) groups is 2. The Labute approximate surface area is 214 Å². The van der Waals surface area contributed by atoms with Crippen molar-refractivity contribution in [1.82, 2.24) is 4.72 Å². The normalized spacial score (nSPS) is 16.9. The molecule has 0 fully saturated rings. The molecule has 1 N–H and O–H groups in total. The van der Waals surface area contributed by atoms with Gasteiger partial charge in [0.05, 0.1) is 29.2 Å². The molecule has 3 aromatic carbocycles. The number of rotatable bonds is 6. The Hall–Kier alpha value is -3.64. The Morgan fingerprint density at radius 2 is 1.75 bits per heavy atom. The van der Waals surface area contributed by atoms with Crippen molar-refractivity contribution in [1.29, 1.82) is 0 Å². The van der Waals surface area contributed by atoms with Gasteiger partial charge in [-0.15, -0.1) is 0 Å². The van der Waals surface area contributed by atoms with Crippen molar-refractivity contribution in [3.05, 3.63) is 82.1 Å². The number of hydrogen-bond acceptors (Lipinski definition) is 8. The number of fused-ring (bicyclic) bond motifs is 1. The van der Waals surface area contributed by atoms with Gasteiger partial charge in [0.15, 0.2) is 6.10 Å². The molecule has 1 amide bonds. The molecule has 1 aliphatic rings. The van der Waals surface area contributed by atoms with Crippen molar-refractivity contribution < 1.29 is 41.3 Å². The van der Waals surface area contributed by atoms with Crippen LogP contribution in [-0.4, -0.2) is 40.6 Å². The average molecular weight is 580 g/mol. The first-order valence-corrected chi connectivity index (χ1v) is 12.6. The molecule has 12 heteroatoms. The summed E-state index contributed by atoms with van der Waals surface area (Å²) >= 11 is 3.37. The fraction of sp³-hybridized carbons (Fsp3) is 0.167. The minimum absolute atomic E-state index is 0.0948.